The first-order valence-electron chi connectivity index (χ1n) is 5.83. The van der Waals surface area contributed by atoms with Gasteiger partial charge in [-0.15, -0.1) is 11.3 Å². The summed E-state index contributed by atoms with van der Waals surface area (Å²) in [7, 11) is 0. The number of ether oxygens (including phenoxy) is 1. The van der Waals surface area contributed by atoms with Crippen LogP contribution in [0.15, 0.2) is 36.4 Å². The summed E-state index contributed by atoms with van der Waals surface area (Å²) in [6.07, 6.45) is 0.181. The Bertz CT molecular complexity index is 507. The summed E-state index contributed by atoms with van der Waals surface area (Å²) in [4.78, 5) is 1.07. The molecular weight excluding hydrogens is 266 g/mol. The second-order valence-corrected chi connectivity index (χ2v) is 6.10. The van der Waals surface area contributed by atoms with Crippen LogP contribution in [0, 0.1) is 0 Å². The largest absolute Gasteiger partial charge is 0.491 e. The van der Waals surface area contributed by atoms with Crippen LogP contribution in [0.5, 0.6) is 5.75 Å². The fraction of sp³-hybridized carbons (Fsp3) is 0.286. The molecule has 18 heavy (non-hydrogen) atoms. The van der Waals surface area contributed by atoms with E-state index in [1.165, 1.54) is 11.3 Å². The third-order valence-electron chi connectivity index (χ3n) is 2.51. The van der Waals surface area contributed by atoms with E-state index < -0.39 is 0 Å². The van der Waals surface area contributed by atoms with Gasteiger partial charge in [-0.2, -0.15) is 0 Å². The van der Waals surface area contributed by atoms with E-state index in [0.29, 0.717) is 0 Å². The van der Waals surface area contributed by atoms with Crippen LogP contribution in [0.2, 0.25) is 4.34 Å². The Kier molecular flexibility index (Phi) is 4.27. The van der Waals surface area contributed by atoms with E-state index in [0.717, 1.165) is 20.5 Å². The van der Waals surface area contributed by atoms with Gasteiger partial charge in [0, 0.05) is 4.88 Å². The molecule has 1 heterocycles. The maximum Gasteiger partial charge on any atom is 0.119 e. The molecule has 2 nitrogen and oxygen atoms in total. The molecular formula is C14H16ClNOS. The normalized spacial score (nSPS) is 12.7. The van der Waals surface area contributed by atoms with Crippen LogP contribution < -0.4 is 10.5 Å². The Balaban J connectivity index is 2.14. The molecule has 0 saturated heterocycles. The molecule has 96 valence electrons. The third-order valence-corrected chi connectivity index (χ3v) is 3.83. The first kappa shape index (κ1) is 13.4. The zero-order valence-electron chi connectivity index (χ0n) is 10.4. The topological polar surface area (TPSA) is 35.2 Å². The minimum Gasteiger partial charge on any atom is -0.491 e. The predicted molar refractivity (Wildman–Crippen MR) is 77.6 cm³/mol. The van der Waals surface area contributed by atoms with Gasteiger partial charge >= 0.3 is 0 Å². The van der Waals surface area contributed by atoms with Gasteiger partial charge in [0.05, 0.1) is 16.5 Å². The number of halogens is 1. The van der Waals surface area contributed by atoms with Crippen LogP contribution in [0.1, 0.15) is 30.3 Å². The van der Waals surface area contributed by atoms with Gasteiger partial charge in [0.2, 0.25) is 0 Å². The monoisotopic (exact) mass is 281 g/mol. The SMILES string of the molecule is CC(C)Oc1ccc(C(N)c2ccc(Cl)s2)cc1. The quantitative estimate of drug-likeness (QED) is 0.910. The number of thiophene rings is 1. The maximum absolute atomic E-state index is 6.19. The Morgan fingerprint density at radius 1 is 1.11 bits per heavy atom. The van der Waals surface area contributed by atoms with Crippen molar-refractivity contribution in [1.29, 1.82) is 0 Å². The van der Waals surface area contributed by atoms with Crippen molar-refractivity contribution in [2.24, 2.45) is 5.73 Å². The van der Waals surface area contributed by atoms with Crippen LogP contribution in [0.25, 0.3) is 0 Å². The molecule has 0 amide bonds. The fourth-order valence-corrected chi connectivity index (χ4v) is 2.78. The van der Waals surface area contributed by atoms with Crippen LogP contribution in [-0.4, -0.2) is 6.10 Å². The number of hydrogen-bond donors (Lipinski definition) is 1. The summed E-state index contributed by atoms with van der Waals surface area (Å²) in [5.74, 6) is 0.866. The average Bonchev–Trinajstić information content (AvgIpc) is 2.75. The lowest BCUT2D eigenvalue weighted by Gasteiger charge is -2.13. The van der Waals surface area contributed by atoms with Gasteiger partial charge < -0.3 is 10.5 Å². The van der Waals surface area contributed by atoms with E-state index in [9.17, 15) is 0 Å². The molecule has 0 saturated carbocycles. The van der Waals surface area contributed by atoms with Gasteiger partial charge in [-0.25, -0.2) is 0 Å². The summed E-state index contributed by atoms with van der Waals surface area (Å²) in [5.41, 5.74) is 7.25. The fourth-order valence-electron chi connectivity index (χ4n) is 1.69. The molecule has 1 aromatic carbocycles. The highest BCUT2D eigenvalue weighted by molar-refractivity contribution is 7.16. The lowest BCUT2D eigenvalue weighted by molar-refractivity contribution is 0.242. The Morgan fingerprint density at radius 3 is 2.28 bits per heavy atom. The molecule has 0 fully saturated rings. The Hall–Kier alpha value is -1.03. The lowest BCUT2D eigenvalue weighted by atomic mass is 10.1. The number of rotatable bonds is 4. The minimum atomic E-state index is -0.129. The number of benzene rings is 1. The van der Waals surface area contributed by atoms with Gasteiger partial charge in [-0.05, 0) is 43.7 Å². The molecule has 1 unspecified atom stereocenters. The van der Waals surface area contributed by atoms with Gasteiger partial charge in [-0.1, -0.05) is 23.7 Å². The molecule has 4 heteroatoms. The smallest absolute Gasteiger partial charge is 0.119 e. The molecule has 2 aromatic rings. The molecule has 1 atom stereocenters. The Morgan fingerprint density at radius 2 is 1.78 bits per heavy atom. The molecule has 2 N–H and O–H groups in total. The van der Waals surface area contributed by atoms with Crippen molar-refractivity contribution in [1.82, 2.24) is 0 Å². The molecule has 0 spiro atoms. The molecule has 0 bridgehead atoms. The van der Waals surface area contributed by atoms with Crippen molar-refractivity contribution < 1.29 is 4.74 Å². The maximum atomic E-state index is 6.19. The van der Waals surface area contributed by atoms with E-state index in [2.05, 4.69) is 0 Å². The van der Waals surface area contributed by atoms with Crippen molar-refractivity contribution in [3.8, 4) is 5.75 Å². The zero-order chi connectivity index (χ0) is 13.1. The predicted octanol–water partition coefficient (Wildman–Crippen LogP) is 4.24. The highest BCUT2D eigenvalue weighted by Gasteiger charge is 2.11. The second kappa shape index (κ2) is 5.74. The number of hydrogen-bond acceptors (Lipinski definition) is 3. The van der Waals surface area contributed by atoms with E-state index in [4.69, 9.17) is 22.1 Å². The Labute approximate surface area is 116 Å². The zero-order valence-corrected chi connectivity index (χ0v) is 12.0. The van der Waals surface area contributed by atoms with Crippen molar-refractivity contribution in [2.45, 2.75) is 26.0 Å². The standard InChI is InChI=1S/C14H16ClNOS/c1-9(2)17-11-5-3-10(4-6-11)14(16)12-7-8-13(15)18-12/h3-9,14H,16H2,1-2H3. The van der Waals surface area contributed by atoms with Gasteiger partial charge in [-0.3, -0.25) is 0 Å². The molecule has 0 aliphatic heterocycles. The summed E-state index contributed by atoms with van der Waals surface area (Å²) >= 11 is 7.43. The van der Waals surface area contributed by atoms with Crippen LogP contribution >= 0.6 is 22.9 Å². The number of nitrogens with two attached hydrogens (primary N) is 1. The first-order chi connectivity index (χ1) is 8.56. The molecule has 1 aromatic heterocycles. The van der Waals surface area contributed by atoms with Crippen molar-refractivity contribution in [3.05, 3.63) is 51.2 Å². The highest BCUT2D eigenvalue weighted by Crippen LogP contribution is 2.30. The molecule has 0 aliphatic carbocycles. The molecule has 0 aliphatic rings. The molecule has 0 radical (unpaired) electrons. The van der Waals surface area contributed by atoms with E-state index in [-0.39, 0.29) is 12.1 Å². The van der Waals surface area contributed by atoms with E-state index in [1.54, 1.807) is 0 Å². The van der Waals surface area contributed by atoms with Gasteiger partial charge in [0.15, 0.2) is 0 Å². The average molecular weight is 282 g/mol. The van der Waals surface area contributed by atoms with E-state index in [1.807, 2.05) is 50.2 Å². The minimum absolute atomic E-state index is 0.129. The van der Waals surface area contributed by atoms with Gasteiger partial charge in [0.25, 0.3) is 0 Å². The van der Waals surface area contributed by atoms with Crippen LogP contribution in [-0.2, 0) is 0 Å². The van der Waals surface area contributed by atoms with Crippen molar-refractivity contribution >= 4 is 22.9 Å². The second-order valence-electron chi connectivity index (χ2n) is 4.36. The van der Waals surface area contributed by atoms with E-state index >= 15 is 0 Å². The third kappa shape index (κ3) is 3.25. The van der Waals surface area contributed by atoms with Crippen LogP contribution in [0.4, 0.5) is 0 Å². The van der Waals surface area contributed by atoms with Crippen molar-refractivity contribution in [3.63, 3.8) is 0 Å². The summed E-state index contributed by atoms with van der Waals surface area (Å²) in [6, 6.07) is 11.6. The molecule has 2 rings (SSSR count). The van der Waals surface area contributed by atoms with Gasteiger partial charge in [0.1, 0.15) is 5.75 Å². The summed E-state index contributed by atoms with van der Waals surface area (Å²) in [5, 5.41) is 0. The van der Waals surface area contributed by atoms with Crippen molar-refractivity contribution in [2.75, 3.05) is 0 Å². The lowest BCUT2D eigenvalue weighted by Crippen LogP contribution is -2.10. The van der Waals surface area contributed by atoms with Crippen LogP contribution in [0.3, 0.4) is 0 Å². The summed E-state index contributed by atoms with van der Waals surface area (Å²) in [6.45, 7) is 4.01. The summed E-state index contributed by atoms with van der Waals surface area (Å²) < 4.78 is 6.36. The first-order valence-corrected chi connectivity index (χ1v) is 7.03. The highest BCUT2D eigenvalue weighted by atomic mass is 35.5.